The van der Waals surface area contributed by atoms with Gasteiger partial charge in [0.25, 0.3) is 5.91 Å². The molecule has 0 aliphatic heterocycles. The number of nitrogens with one attached hydrogen (secondary N) is 1. The molecule has 1 aliphatic rings. The number of hydrogen-bond donors (Lipinski definition) is 2. The van der Waals surface area contributed by atoms with E-state index in [4.69, 9.17) is 11.0 Å². The second kappa shape index (κ2) is 2.51. The van der Waals surface area contributed by atoms with Crippen molar-refractivity contribution in [2.45, 2.75) is 25.3 Å². The number of nitriles is 1. The summed E-state index contributed by atoms with van der Waals surface area (Å²) in [5, 5.41) is 10.2. The van der Waals surface area contributed by atoms with Crippen LogP contribution in [0.1, 0.15) is 19.8 Å². The molecule has 1 amide bonds. The second-order valence-electron chi connectivity index (χ2n) is 3.12. The van der Waals surface area contributed by atoms with Gasteiger partial charge in [-0.05, 0) is 25.7 Å². The first-order chi connectivity index (χ1) is 5.09. The van der Waals surface area contributed by atoms with Gasteiger partial charge in [-0.1, -0.05) is 0 Å². The first-order valence-electron chi connectivity index (χ1n) is 3.57. The molecule has 1 saturated carbocycles. The first kappa shape index (κ1) is 8.02. The van der Waals surface area contributed by atoms with Crippen LogP contribution < -0.4 is 11.1 Å². The van der Waals surface area contributed by atoms with Gasteiger partial charge in [-0.3, -0.25) is 10.1 Å². The van der Waals surface area contributed by atoms with E-state index in [0.29, 0.717) is 0 Å². The molecule has 4 heteroatoms. The monoisotopic (exact) mass is 153 g/mol. The summed E-state index contributed by atoms with van der Waals surface area (Å²) in [4.78, 5) is 11.1. The lowest BCUT2D eigenvalue weighted by Gasteiger charge is -2.20. The van der Waals surface area contributed by atoms with Crippen molar-refractivity contribution in [3.8, 4) is 6.19 Å². The van der Waals surface area contributed by atoms with Crippen LogP contribution in [0.3, 0.4) is 0 Å². The molecule has 0 saturated heterocycles. The van der Waals surface area contributed by atoms with Crippen LogP contribution in [-0.4, -0.2) is 11.4 Å². The summed E-state index contributed by atoms with van der Waals surface area (Å²) in [6, 6.07) is 0. The third kappa shape index (κ3) is 1.49. The molecule has 60 valence electrons. The zero-order chi connectivity index (χ0) is 8.48. The van der Waals surface area contributed by atoms with E-state index >= 15 is 0 Å². The lowest BCUT2D eigenvalue weighted by molar-refractivity contribution is -0.125. The third-order valence-corrected chi connectivity index (χ3v) is 2.08. The summed E-state index contributed by atoms with van der Waals surface area (Å²) >= 11 is 0. The molecule has 1 atom stereocenters. The van der Waals surface area contributed by atoms with Gasteiger partial charge in [-0.25, -0.2) is 0 Å². The van der Waals surface area contributed by atoms with Gasteiger partial charge in [0, 0.05) is 0 Å². The molecule has 0 radical (unpaired) electrons. The van der Waals surface area contributed by atoms with Gasteiger partial charge >= 0.3 is 0 Å². The van der Waals surface area contributed by atoms with Gasteiger partial charge in [-0.15, -0.1) is 0 Å². The Kier molecular flexibility index (Phi) is 1.83. The van der Waals surface area contributed by atoms with Crippen molar-refractivity contribution in [3.05, 3.63) is 0 Å². The molecule has 3 N–H and O–H groups in total. The van der Waals surface area contributed by atoms with E-state index in [-0.39, 0.29) is 11.8 Å². The molecule has 0 aromatic heterocycles. The molecule has 0 spiro atoms. The number of nitrogens with zero attached hydrogens (tertiary/aromatic N) is 1. The maximum Gasteiger partial charge on any atom is 0.253 e. The van der Waals surface area contributed by atoms with E-state index in [1.165, 1.54) is 0 Å². The van der Waals surface area contributed by atoms with Crippen molar-refractivity contribution in [2.24, 2.45) is 11.7 Å². The number of rotatable bonds is 2. The topological polar surface area (TPSA) is 78.9 Å². The maximum absolute atomic E-state index is 11.1. The average molecular weight is 153 g/mol. The standard InChI is InChI=1S/C7H11N3O/c1-7(9,5-2-3-5)6(11)10-4-8/h5H,2-3,9H2,1H3,(H,10,11). The highest BCUT2D eigenvalue weighted by Gasteiger charge is 2.43. The zero-order valence-electron chi connectivity index (χ0n) is 6.42. The third-order valence-electron chi connectivity index (χ3n) is 2.08. The van der Waals surface area contributed by atoms with Gasteiger partial charge in [0.15, 0.2) is 6.19 Å². The lowest BCUT2D eigenvalue weighted by Crippen LogP contribution is -2.52. The SMILES string of the molecule is CC(N)(C(=O)NC#N)C1CC1. The Morgan fingerprint density at radius 3 is 2.73 bits per heavy atom. The van der Waals surface area contributed by atoms with Crippen LogP contribution in [0.15, 0.2) is 0 Å². The van der Waals surface area contributed by atoms with Crippen LogP contribution in [0.25, 0.3) is 0 Å². The molecule has 0 bridgehead atoms. The molecule has 1 fully saturated rings. The van der Waals surface area contributed by atoms with Crippen LogP contribution >= 0.6 is 0 Å². The fourth-order valence-electron chi connectivity index (χ4n) is 1.05. The summed E-state index contributed by atoms with van der Waals surface area (Å²) < 4.78 is 0. The van der Waals surface area contributed by atoms with Crippen LogP contribution in [-0.2, 0) is 4.79 Å². The quantitative estimate of drug-likeness (QED) is 0.422. The Morgan fingerprint density at radius 1 is 1.82 bits per heavy atom. The van der Waals surface area contributed by atoms with Gasteiger partial charge in [0.2, 0.25) is 0 Å². The van der Waals surface area contributed by atoms with Crippen LogP contribution in [0.2, 0.25) is 0 Å². The van der Waals surface area contributed by atoms with Gasteiger partial charge in [0.1, 0.15) is 0 Å². The average Bonchev–Trinajstić information content (AvgIpc) is 2.68. The molecular weight excluding hydrogens is 142 g/mol. The first-order valence-corrected chi connectivity index (χ1v) is 3.57. The van der Waals surface area contributed by atoms with E-state index in [0.717, 1.165) is 12.8 Å². The van der Waals surface area contributed by atoms with Crippen molar-refractivity contribution in [1.82, 2.24) is 5.32 Å². The van der Waals surface area contributed by atoms with Crippen molar-refractivity contribution in [1.29, 1.82) is 5.26 Å². The number of carbonyl (C=O) groups excluding carboxylic acids is 1. The van der Waals surface area contributed by atoms with Crippen molar-refractivity contribution in [3.63, 3.8) is 0 Å². The normalized spacial score (nSPS) is 21.5. The number of nitrogens with two attached hydrogens (primary N) is 1. The van der Waals surface area contributed by atoms with E-state index in [1.54, 1.807) is 13.1 Å². The van der Waals surface area contributed by atoms with E-state index < -0.39 is 5.54 Å². The Labute approximate surface area is 65.4 Å². The molecule has 0 aromatic rings. The summed E-state index contributed by atoms with van der Waals surface area (Å²) in [6.45, 7) is 1.66. The van der Waals surface area contributed by atoms with Crippen molar-refractivity contribution < 1.29 is 4.79 Å². The minimum atomic E-state index is -0.851. The number of carbonyl (C=O) groups is 1. The van der Waals surface area contributed by atoms with E-state index in [9.17, 15) is 4.79 Å². The molecular formula is C7H11N3O. The zero-order valence-corrected chi connectivity index (χ0v) is 6.42. The Hall–Kier alpha value is -1.08. The summed E-state index contributed by atoms with van der Waals surface area (Å²) in [7, 11) is 0. The van der Waals surface area contributed by atoms with E-state index in [1.807, 2.05) is 5.32 Å². The molecule has 1 aliphatic carbocycles. The largest absolute Gasteiger partial charge is 0.317 e. The van der Waals surface area contributed by atoms with Crippen LogP contribution in [0.4, 0.5) is 0 Å². The molecule has 4 nitrogen and oxygen atoms in total. The van der Waals surface area contributed by atoms with Crippen molar-refractivity contribution >= 4 is 5.91 Å². The molecule has 1 rings (SSSR count). The fraction of sp³-hybridized carbons (Fsp3) is 0.714. The van der Waals surface area contributed by atoms with Crippen LogP contribution in [0, 0.1) is 17.4 Å². The maximum atomic E-state index is 11.1. The second-order valence-corrected chi connectivity index (χ2v) is 3.12. The van der Waals surface area contributed by atoms with Crippen molar-refractivity contribution in [2.75, 3.05) is 0 Å². The Balaban J connectivity index is 2.56. The van der Waals surface area contributed by atoms with Gasteiger partial charge in [0.05, 0.1) is 5.54 Å². The highest BCUT2D eigenvalue weighted by molar-refractivity contribution is 5.87. The molecule has 1 unspecified atom stereocenters. The summed E-state index contributed by atoms with van der Waals surface area (Å²) in [5.74, 6) is -0.113. The predicted molar refractivity (Wildman–Crippen MR) is 39.1 cm³/mol. The predicted octanol–water partition coefficient (Wildman–Crippen LogP) is -0.289. The smallest absolute Gasteiger partial charge is 0.253 e. The molecule has 0 heterocycles. The summed E-state index contributed by atoms with van der Waals surface area (Å²) in [6.07, 6.45) is 3.56. The number of hydrogen-bond acceptors (Lipinski definition) is 3. The minimum Gasteiger partial charge on any atom is -0.317 e. The van der Waals surface area contributed by atoms with E-state index in [2.05, 4.69) is 0 Å². The highest BCUT2D eigenvalue weighted by Crippen LogP contribution is 2.37. The fourth-order valence-corrected chi connectivity index (χ4v) is 1.05. The van der Waals surface area contributed by atoms with Gasteiger partial charge in [-0.2, -0.15) is 5.26 Å². The lowest BCUT2D eigenvalue weighted by atomic mass is 9.96. The molecule has 11 heavy (non-hydrogen) atoms. The van der Waals surface area contributed by atoms with Gasteiger partial charge < -0.3 is 5.73 Å². The Morgan fingerprint density at radius 2 is 2.36 bits per heavy atom. The number of amides is 1. The Bertz CT molecular complexity index is 212. The highest BCUT2D eigenvalue weighted by atomic mass is 16.2. The minimum absolute atomic E-state index is 0.260. The summed E-state index contributed by atoms with van der Waals surface area (Å²) in [5.41, 5.74) is 4.84. The molecule has 0 aromatic carbocycles. The van der Waals surface area contributed by atoms with Crippen LogP contribution in [0.5, 0.6) is 0 Å².